The van der Waals surface area contributed by atoms with Gasteiger partial charge in [-0.25, -0.2) is 0 Å². The Bertz CT molecular complexity index is 693. The van der Waals surface area contributed by atoms with E-state index in [1.54, 1.807) is 7.05 Å². The SMILES string of the molecule is CCCNC(=O)c1cccc(CNC(=NC)NC2CCCC(S(=O)CC)C2)c1. The first-order valence-electron chi connectivity index (χ1n) is 10.3. The number of hydrogen-bond acceptors (Lipinski definition) is 3. The van der Waals surface area contributed by atoms with E-state index in [2.05, 4.69) is 20.9 Å². The Morgan fingerprint density at radius 3 is 2.79 bits per heavy atom. The molecule has 0 bridgehead atoms. The normalized spacial score (nSPS) is 21.0. The number of nitrogens with zero attached hydrogens (tertiary/aromatic N) is 1. The van der Waals surface area contributed by atoms with Crippen LogP contribution >= 0.6 is 0 Å². The van der Waals surface area contributed by atoms with E-state index in [1.165, 1.54) is 0 Å². The quantitative estimate of drug-likeness (QED) is 0.458. The summed E-state index contributed by atoms with van der Waals surface area (Å²) >= 11 is 0. The van der Waals surface area contributed by atoms with Crippen molar-refractivity contribution in [3.8, 4) is 0 Å². The maximum absolute atomic E-state index is 12.1. The number of benzene rings is 1. The Hall–Kier alpha value is -1.89. The van der Waals surface area contributed by atoms with Crippen molar-refractivity contribution in [2.24, 2.45) is 4.99 Å². The number of rotatable bonds is 8. The van der Waals surface area contributed by atoms with Crippen molar-refractivity contribution in [3.05, 3.63) is 35.4 Å². The highest BCUT2D eigenvalue weighted by Gasteiger charge is 2.26. The highest BCUT2D eigenvalue weighted by atomic mass is 32.2. The third-order valence-electron chi connectivity index (χ3n) is 5.03. The minimum atomic E-state index is -0.732. The van der Waals surface area contributed by atoms with Gasteiger partial charge in [-0.15, -0.1) is 0 Å². The molecule has 7 heteroatoms. The molecule has 3 atom stereocenters. The Morgan fingerprint density at radius 2 is 2.07 bits per heavy atom. The molecule has 0 heterocycles. The van der Waals surface area contributed by atoms with Crippen molar-refractivity contribution in [2.75, 3.05) is 19.3 Å². The summed E-state index contributed by atoms with van der Waals surface area (Å²) in [7, 11) is 1.03. The lowest BCUT2D eigenvalue weighted by atomic mass is 9.95. The summed E-state index contributed by atoms with van der Waals surface area (Å²) in [5.41, 5.74) is 1.70. The van der Waals surface area contributed by atoms with Gasteiger partial charge in [0.15, 0.2) is 5.96 Å². The highest BCUT2D eigenvalue weighted by Crippen LogP contribution is 2.23. The molecule has 1 aliphatic carbocycles. The number of hydrogen-bond donors (Lipinski definition) is 3. The molecular formula is C21H34N4O2S. The van der Waals surface area contributed by atoms with Crippen molar-refractivity contribution in [2.45, 2.75) is 63.8 Å². The van der Waals surface area contributed by atoms with Crippen LogP contribution in [0.5, 0.6) is 0 Å². The van der Waals surface area contributed by atoms with Gasteiger partial charge in [0.05, 0.1) is 0 Å². The van der Waals surface area contributed by atoms with E-state index >= 15 is 0 Å². The van der Waals surface area contributed by atoms with E-state index in [9.17, 15) is 9.00 Å². The third kappa shape index (κ3) is 6.93. The fraction of sp³-hybridized carbons (Fsp3) is 0.619. The first-order chi connectivity index (χ1) is 13.6. The summed E-state index contributed by atoms with van der Waals surface area (Å²) in [6.07, 6.45) is 5.07. The smallest absolute Gasteiger partial charge is 0.251 e. The second kappa shape index (κ2) is 11.8. The lowest BCUT2D eigenvalue weighted by molar-refractivity contribution is 0.0953. The Balaban J connectivity index is 1.88. The number of nitrogens with one attached hydrogen (secondary N) is 3. The minimum Gasteiger partial charge on any atom is -0.354 e. The van der Waals surface area contributed by atoms with Crippen LogP contribution in [0, 0.1) is 0 Å². The molecule has 2 rings (SSSR count). The number of carbonyl (C=O) groups excluding carboxylic acids is 1. The van der Waals surface area contributed by atoms with E-state index in [1.807, 2.05) is 38.1 Å². The van der Waals surface area contributed by atoms with Gasteiger partial charge in [-0.1, -0.05) is 32.4 Å². The number of guanidine groups is 1. The molecule has 0 aliphatic heterocycles. The first-order valence-corrected chi connectivity index (χ1v) is 11.7. The van der Waals surface area contributed by atoms with Crippen molar-refractivity contribution in [3.63, 3.8) is 0 Å². The fourth-order valence-electron chi connectivity index (χ4n) is 3.49. The molecule has 0 spiro atoms. The molecular weight excluding hydrogens is 372 g/mol. The van der Waals surface area contributed by atoms with Crippen molar-refractivity contribution in [1.82, 2.24) is 16.0 Å². The van der Waals surface area contributed by atoms with Crippen LogP contribution in [0.15, 0.2) is 29.3 Å². The van der Waals surface area contributed by atoms with Crippen molar-refractivity contribution in [1.29, 1.82) is 0 Å². The zero-order valence-electron chi connectivity index (χ0n) is 17.3. The lowest BCUT2D eigenvalue weighted by Crippen LogP contribution is -2.46. The lowest BCUT2D eigenvalue weighted by Gasteiger charge is -2.30. The van der Waals surface area contributed by atoms with Crippen LogP contribution in [0.3, 0.4) is 0 Å². The molecule has 0 radical (unpaired) electrons. The molecule has 1 aromatic carbocycles. The Morgan fingerprint density at radius 1 is 1.25 bits per heavy atom. The molecule has 3 N–H and O–H groups in total. The summed E-state index contributed by atoms with van der Waals surface area (Å²) in [6.45, 7) is 5.30. The van der Waals surface area contributed by atoms with E-state index < -0.39 is 10.8 Å². The molecule has 28 heavy (non-hydrogen) atoms. The molecule has 0 aromatic heterocycles. The van der Waals surface area contributed by atoms with Gasteiger partial charge in [-0.3, -0.25) is 14.0 Å². The maximum atomic E-state index is 12.1. The van der Waals surface area contributed by atoms with Crippen molar-refractivity contribution < 1.29 is 9.00 Å². The van der Waals surface area contributed by atoms with Gasteiger partial charge >= 0.3 is 0 Å². The van der Waals surface area contributed by atoms with Crippen LogP contribution in [0.25, 0.3) is 0 Å². The van der Waals surface area contributed by atoms with Gasteiger partial charge < -0.3 is 16.0 Å². The largest absolute Gasteiger partial charge is 0.354 e. The predicted molar refractivity (Wildman–Crippen MR) is 117 cm³/mol. The van der Waals surface area contributed by atoms with Crippen LogP contribution < -0.4 is 16.0 Å². The number of amides is 1. The summed E-state index contributed by atoms with van der Waals surface area (Å²) in [5.74, 6) is 1.43. The van der Waals surface area contributed by atoms with Gasteiger partial charge in [0, 0.05) is 53.5 Å². The average molecular weight is 407 g/mol. The van der Waals surface area contributed by atoms with Gasteiger partial charge in [0.2, 0.25) is 0 Å². The van der Waals surface area contributed by atoms with E-state index in [4.69, 9.17) is 0 Å². The zero-order chi connectivity index (χ0) is 20.4. The summed E-state index contributed by atoms with van der Waals surface area (Å²) in [6, 6.07) is 7.94. The van der Waals surface area contributed by atoms with Crippen LogP contribution in [0.2, 0.25) is 0 Å². The molecule has 6 nitrogen and oxygen atoms in total. The van der Waals surface area contributed by atoms with Crippen LogP contribution in [0.1, 0.15) is 61.9 Å². The predicted octanol–water partition coefficient (Wildman–Crippen LogP) is 2.57. The topological polar surface area (TPSA) is 82.6 Å². The first kappa shape index (κ1) is 22.4. The van der Waals surface area contributed by atoms with Gasteiger partial charge in [0.1, 0.15) is 0 Å². The monoisotopic (exact) mass is 406 g/mol. The molecule has 1 aliphatic rings. The highest BCUT2D eigenvalue weighted by molar-refractivity contribution is 7.85. The molecule has 156 valence electrons. The minimum absolute atomic E-state index is 0.0385. The maximum Gasteiger partial charge on any atom is 0.251 e. The average Bonchev–Trinajstić information content (AvgIpc) is 2.74. The van der Waals surface area contributed by atoms with E-state index in [0.717, 1.165) is 49.4 Å². The van der Waals surface area contributed by atoms with Crippen molar-refractivity contribution >= 4 is 22.7 Å². The van der Waals surface area contributed by atoms with Gasteiger partial charge in [-0.2, -0.15) is 0 Å². The molecule has 1 amide bonds. The van der Waals surface area contributed by atoms with E-state index in [-0.39, 0.29) is 11.2 Å². The molecule has 3 unspecified atom stereocenters. The summed E-state index contributed by atoms with van der Waals surface area (Å²) in [4.78, 5) is 16.5. The third-order valence-corrected chi connectivity index (χ3v) is 6.77. The molecule has 1 fully saturated rings. The summed E-state index contributed by atoms with van der Waals surface area (Å²) < 4.78 is 12.1. The Kier molecular flexibility index (Phi) is 9.47. The van der Waals surface area contributed by atoms with Gasteiger partial charge in [0.25, 0.3) is 5.91 Å². The Labute approximate surface area is 171 Å². The number of carbonyl (C=O) groups is 1. The van der Waals surface area contributed by atoms with Crippen LogP contribution in [0.4, 0.5) is 0 Å². The standard InChI is InChI=1S/C21H34N4O2S/c1-4-12-23-20(26)17-9-6-8-16(13-17)15-24-21(22-3)25-18-10-7-11-19(14-18)28(27)5-2/h6,8-9,13,18-19H,4-5,7,10-12,14-15H2,1-3H3,(H,23,26)(H2,22,24,25). The zero-order valence-corrected chi connectivity index (χ0v) is 18.1. The second-order valence-electron chi connectivity index (χ2n) is 7.18. The van der Waals surface area contributed by atoms with Crippen LogP contribution in [-0.2, 0) is 17.3 Å². The second-order valence-corrected chi connectivity index (χ2v) is 9.19. The summed E-state index contributed by atoms with van der Waals surface area (Å²) in [5, 5.41) is 10.00. The van der Waals surface area contributed by atoms with Gasteiger partial charge in [-0.05, 0) is 43.4 Å². The van der Waals surface area contributed by atoms with E-state index in [0.29, 0.717) is 24.7 Å². The van der Waals surface area contributed by atoms with Crippen LogP contribution in [-0.4, -0.2) is 46.7 Å². The molecule has 1 saturated carbocycles. The molecule has 1 aromatic rings. The number of aliphatic imine (C=N–C) groups is 1. The molecule has 0 saturated heterocycles. The fourth-order valence-corrected chi connectivity index (χ4v) is 4.84.